The number of aromatic nitrogens is 3. The summed E-state index contributed by atoms with van der Waals surface area (Å²) in [6.07, 6.45) is 8.89. The second-order valence-corrected chi connectivity index (χ2v) is 10.9. The summed E-state index contributed by atoms with van der Waals surface area (Å²) in [5.74, 6) is -0.285. The largest absolute Gasteiger partial charge is 0.480 e. The number of hydrogen-bond donors (Lipinski definition) is 3. The van der Waals surface area contributed by atoms with E-state index in [1.54, 1.807) is 12.3 Å². The molecule has 2 aromatic heterocycles. The number of methoxy groups -OCH3 is 1. The Labute approximate surface area is 228 Å². The van der Waals surface area contributed by atoms with E-state index in [0.717, 1.165) is 69.0 Å². The van der Waals surface area contributed by atoms with Crippen molar-refractivity contribution >= 4 is 28.6 Å². The van der Waals surface area contributed by atoms with Gasteiger partial charge in [-0.05, 0) is 68.7 Å². The molecule has 2 atom stereocenters. The van der Waals surface area contributed by atoms with Crippen molar-refractivity contribution in [2.45, 2.75) is 63.5 Å². The number of H-pyrrole nitrogens is 1. The summed E-state index contributed by atoms with van der Waals surface area (Å²) in [6, 6.07) is 7.40. The zero-order chi connectivity index (χ0) is 27.6. The third kappa shape index (κ3) is 5.32. The summed E-state index contributed by atoms with van der Waals surface area (Å²) in [5, 5.41) is 13.9. The van der Waals surface area contributed by atoms with Gasteiger partial charge in [-0.15, -0.1) is 0 Å². The summed E-state index contributed by atoms with van der Waals surface area (Å²) in [7, 11) is -0.367. The number of amides is 3. The van der Waals surface area contributed by atoms with E-state index in [1.165, 1.54) is 0 Å². The molecule has 3 N–H and O–H groups in total. The molecule has 0 spiro atoms. The van der Waals surface area contributed by atoms with E-state index < -0.39 is 0 Å². The van der Waals surface area contributed by atoms with E-state index in [0.29, 0.717) is 23.2 Å². The predicted molar refractivity (Wildman–Crippen MR) is 145 cm³/mol. The number of ether oxygens (including phenoxy) is 1. The smallest absolute Gasteiger partial charge is 0.272 e. The molecule has 0 radical (unpaired) electrons. The number of benzene rings is 1. The number of fused-ring (bicyclic) bond motifs is 1. The van der Waals surface area contributed by atoms with Crippen LogP contribution in [0.2, 0.25) is 0 Å². The summed E-state index contributed by atoms with van der Waals surface area (Å²) in [5.41, 5.74) is 2.78. The van der Waals surface area contributed by atoms with Gasteiger partial charge in [0.1, 0.15) is 5.56 Å². The van der Waals surface area contributed by atoms with Crippen molar-refractivity contribution < 1.29 is 20.5 Å². The Hall–Kier alpha value is -3.95. The van der Waals surface area contributed by atoms with Crippen LogP contribution in [-0.4, -0.2) is 70.1 Å². The second kappa shape index (κ2) is 10.7. The average Bonchev–Trinajstić information content (AvgIpc) is 3.43. The highest BCUT2D eigenvalue weighted by molar-refractivity contribution is 6.05. The van der Waals surface area contributed by atoms with Crippen LogP contribution < -0.4 is 15.4 Å². The lowest BCUT2D eigenvalue weighted by Gasteiger charge is -2.31. The molecular weight excluding hydrogens is 496 g/mol. The number of nitrogens with one attached hydrogen (secondary N) is 3. The third-order valence-corrected chi connectivity index (χ3v) is 8.03. The molecule has 2 aliphatic carbocycles. The molecule has 2 unspecified atom stereocenters. The van der Waals surface area contributed by atoms with Gasteiger partial charge in [0.25, 0.3) is 11.8 Å². The number of pyridine rings is 1. The molecule has 1 aliphatic heterocycles. The number of aromatic amines is 1. The maximum atomic E-state index is 13.5. The lowest BCUT2D eigenvalue weighted by Crippen LogP contribution is -2.43. The SMILES string of the molecule is [2H]COc1ncc(-c2ccc3c(C(=O)NC4CC4)n[nH]c3c2)cc1C(=O)NC1CCCC(C(=O)N2CCCC2)C1. The first kappa shape index (κ1) is 24.1. The number of rotatable bonds is 7. The fraction of sp³-hybridized carbons (Fsp3) is 0.483. The zero-order valence-corrected chi connectivity index (χ0v) is 21.9. The normalized spacial score (nSPS) is 21.4. The third-order valence-electron chi connectivity index (χ3n) is 8.03. The van der Waals surface area contributed by atoms with Crippen molar-refractivity contribution in [3.63, 3.8) is 0 Å². The van der Waals surface area contributed by atoms with E-state index in [9.17, 15) is 14.4 Å². The maximum absolute atomic E-state index is 13.5. The second-order valence-electron chi connectivity index (χ2n) is 10.9. The lowest BCUT2D eigenvalue weighted by atomic mass is 9.84. The van der Waals surface area contributed by atoms with Crippen LogP contribution in [0.5, 0.6) is 5.88 Å². The molecule has 204 valence electrons. The maximum Gasteiger partial charge on any atom is 0.272 e. The fourth-order valence-electron chi connectivity index (χ4n) is 5.75. The van der Waals surface area contributed by atoms with Gasteiger partial charge < -0.3 is 20.3 Å². The van der Waals surface area contributed by atoms with Crippen LogP contribution in [0.1, 0.15) is 73.6 Å². The highest BCUT2D eigenvalue weighted by Gasteiger charge is 2.32. The van der Waals surface area contributed by atoms with Crippen molar-refractivity contribution in [1.29, 1.82) is 0 Å². The van der Waals surface area contributed by atoms with Crippen LogP contribution in [0.3, 0.4) is 0 Å². The van der Waals surface area contributed by atoms with Gasteiger partial charge in [-0.25, -0.2) is 4.98 Å². The minimum atomic E-state index is -0.367. The molecule has 6 rings (SSSR count). The fourth-order valence-corrected chi connectivity index (χ4v) is 5.75. The van der Waals surface area contributed by atoms with E-state index in [4.69, 9.17) is 6.11 Å². The molecule has 10 nitrogen and oxygen atoms in total. The molecule has 3 amide bonds. The molecule has 3 aromatic rings. The summed E-state index contributed by atoms with van der Waals surface area (Å²) in [6.45, 7) is 1.66. The van der Waals surface area contributed by atoms with Gasteiger partial charge in [-0.2, -0.15) is 5.10 Å². The summed E-state index contributed by atoms with van der Waals surface area (Å²) >= 11 is 0. The van der Waals surface area contributed by atoms with E-state index in [-0.39, 0.29) is 54.3 Å². The zero-order valence-electron chi connectivity index (χ0n) is 22.9. The molecule has 1 aromatic carbocycles. The quantitative estimate of drug-likeness (QED) is 0.428. The Balaban J connectivity index is 1.20. The monoisotopic (exact) mass is 531 g/mol. The van der Waals surface area contributed by atoms with Crippen LogP contribution >= 0.6 is 0 Å². The summed E-state index contributed by atoms with van der Waals surface area (Å²) in [4.78, 5) is 45.3. The van der Waals surface area contributed by atoms with Gasteiger partial charge in [0.2, 0.25) is 11.8 Å². The van der Waals surface area contributed by atoms with Gasteiger partial charge >= 0.3 is 0 Å². The molecule has 3 heterocycles. The number of nitrogens with zero attached hydrogens (tertiary/aromatic N) is 3. The molecule has 3 fully saturated rings. The molecule has 3 aliphatic rings. The van der Waals surface area contributed by atoms with Crippen LogP contribution in [0.4, 0.5) is 0 Å². The number of carbonyl (C=O) groups excluding carboxylic acids is 3. The van der Waals surface area contributed by atoms with Crippen LogP contribution in [0, 0.1) is 5.92 Å². The number of carbonyl (C=O) groups is 3. The first-order valence-corrected chi connectivity index (χ1v) is 13.8. The van der Waals surface area contributed by atoms with Gasteiger partial charge in [0.15, 0.2) is 5.69 Å². The van der Waals surface area contributed by atoms with Gasteiger partial charge in [-0.1, -0.05) is 12.5 Å². The Bertz CT molecular complexity index is 1430. The minimum absolute atomic E-state index is 0.0667. The van der Waals surface area contributed by atoms with Crippen molar-refractivity contribution in [2.75, 3.05) is 20.2 Å². The molecular formula is C29H34N6O4. The van der Waals surface area contributed by atoms with E-state index in [2.05, 4.69) is 25.8 Å². The first-order valence-electron chi connectivity index (χ1n) is 14.5. The van der Waals surface area contributed by atoms with Gasteiger partial charge in [-0.3, -0.25) is 19.5 Å². The lowest BCUT2D eigenvalue weighted by molar-refractivity contribution is -0.135. The molecule has 2 saturated carbocycles. The number of hydrogen-bond acceptors (Lipinski definition) is 6. The van der Waals surface area contributed by atoms with Gasteiger partial charge in [0.05, 0.1) is 14.0 Å². The van der Waals surface area contributed by atoms with Crippen molar-refractivity contribution in [2.24, 2.45) is 5.92 Å². The van der Waals surface area contributed by atoms with E-state index >= 15 is 0 Å². The molecule has 39 heavy (non-hydrogen) atoms. The highest BCUT2D eigenvalue weighted by atomic mass is 16.5. The Morgan fingerprint density at radius 2 is 1.82 bits per heavy atom. The molecule has 10 heteroatoms. The topological polar surface area (TPSA) is 129 Å². The van der Waals surface area contributed by atoms with Gasteiger partial charge in [0, 0.05) is 48.2 Å². The van der Waals surface area contributed by atoms with Crippen molar-refractivity contribution in [1.82, 2.24) is 30.7 Å². The molecule has 0 bridgehead atoms. The predicted octanol–water partition coefficient (Wildman–Crippen LogP) is 3.44. The van der Waals surface area contributed by atoms with E-state index in [1.807, 2.05) is 23.1 Å². The summed E-state index contributed by atoms with van der Waals surface area (Å²) < 4.78 is 12.9. The highest BCUT2D eigenvalue weighted by Crippen LogP contribution is 2.30. The minimum Gasteiger partial charge on any atom is -0.480 e. The number of likely N-dealkylation sites (tertiary alicyclic amines) is 1. The van der Waals surface area contributed by atoms with Crippen LogP contribution in [-0.2, 0) is 4.79 Å². The Kier molecular flexibility index (Phi) is 6.60. The average molecular weight is 532 g/mol. The van der Waals surface area contributed by atoms with Crippen molar-refractivity contribution in [3.8, 4) is 17.0 Å². The molecule has 1 saturated heterocycles. The van der Waals surface area contributed by atoms with Crippen molar-refractivity contribution in [3.05, 3.63) is 41.7 Å². The van der Waals surface area contributed by atoms with Crippen LogP contribution in [0.15, 0.2) is 30.5 Å². The Morgan fingerprint density at radius 1 is 1.00 bits per heavy atom. The Morgan fingerprint density at radius 3 is 2.62 bits per heavy atom. The van der Waals surface area contributed by atoms with Crippen LogP contribution in [0.25, 0.3) is 22.0 Å². The standard InChI is InChI=1S/C29H34N6O4/c1-39-28-23(26(36)32-21-6-4-5-18(13-21)29(38)35-11-2-3-12-35)14-19(16-30-28)17-7-10-22-24(15-17)33-34-25(22)27(37)31-20-8-9-20/h7,10,14-16,18,20-21H,2-6,8-9,11-13H2,1H3,(H,31,37)(H,32,36)(H,33,34)/i1D. The first-order chi connectivity index (χ1) is 19.5.